The molecule has 0 aliphatic heterocycles. The van der Waals surface area contributed by atoms with Gasteiger partial charge in [0, 0.05) is 12.1 Å². The standard InChI is InChI=1S/C9H10ClNO/c1-6(12)8-4-7(5-11)2-3-9(8)10/h2-4H,5,11H2,1H3. The zero-order valence-electron chi connectivity index (χ0n) is 6.80. The molecular formula is C9H10ClNO. The highest BCUT2D eigenvalue weighted by molar-refractivity contribution is 6.33. The Bertz CT molecular complexity index is 309. The highest BCUT2D eigenvalue weighted by atomic mass is 35.5. The van der Waals surface area contributed by atoms with Crippen molar-refractivity contribution >= 4 is 17.4 Å². The molecular weight excluding hydrogens is 174 g/mol. The molecule has 0 amide bonds. The van der Waals surface area contributed by atoms with Gasteiger partial charge in [-0.3, -0.25) is 4.79 Å². The first-order valence-electron chi connectivity index (χ1n) is 3.64. The van der Waals surface area contributed by atoms with Crippen LogP contribution in [0.3, 0.4) is 0 Å². The van der Waals surface area contributed by atoms with Gasteiger partial charge in [-0.15, -0.1) is 0 Å². The molecule has 64 valence electrons. The second-order valence-corrected chi connectivity index (χ2v) is 2.98. The highest BCUT2D eigenvalue weighted by Gasteiger charge is 2.05. The molecule has 0 atom stereocenters. The third-order valence-electron chi connectivity index (χ3n) is 1.65. The van der Waals surface area contributed by atoms with Crippen molar-refractivity contribution in [1.29, 1.82) is 0 Å². The van der Waals surface area contributed by atoms with E-state index in [4.69, 9.17) is 17.3 Å². The minimum Gasteiger partial charge on any atom is -0.326 e. The molecule has 12 heavy (non-hydrogen) atoms. The van der Waals surface area contributed by atoms with Crippen LogP contribution in [0.5, 0.6) is 0 Å². The van der Waals surface area contributed by atoms with Crippen LogP contribution in [0.25, 0.3) is 0 Å². The van der Waals surface area contributed by atoms with Gasteiger partial charge in [-0.2, -0.15) is 0 Å². The number of carbonyl (C=O) groups is 1. The second kappa shape index (κ2) is 3.70. The first-order chi connectivity index (χ1) is 5.65. The normalized spacial score (nSPS) is 9.92. The number of carbonyl (C=O) groups excluding carboxylic acids is 1. The Balaban J connectivity index is 3.17. The maximum atomic E-state index is 11.0. The van der Waals surface area contributed by atoms with Crippen molar-refractivity contribution in [3.05, 3.63) is 34.3 Å². The molecule has 0 unspecified atom stereocenters. The third-order valence-corrected chi connectivity index (χ3v) is 1.98. The van der Waals surface area contributed by atoms with Crippen LogP contribution in [0, 0.1) is 0 Å². The SMILES string of the molecule is CC(=O)c1cc(CN)ccc1Cl. The molecule has 0 aliphatic carbocycles. The first-order valence-corrected chi connectivity index (χ1v) is 4.02. The number of rotatable bonds is 2. The molecule has 0 radical (unpaired) electrons. The van der Waals surface area contributed by atoms with Crippen molar-refractivity contribution in [2.45, 2.75) is 13.5 Å². The van der Waals surface area contributed by atoms with Crippen molar-refractivity contribution in [2.24, 2.45) is 5.73 Å². The lowest BCUT2D eigenvalue weighted by atomic mass is 10.1. The van der Waals surface area contributed by atoms with E-state index in [0.29, 0.717) is 17.1 Å². The van der Waals surface area contributed by atoms with Crippen molar-refractivity contribution in [1.82, 2.24) is 0 Å². The Morgan fingerprint density at radius 1 is 1.58 bits per heavy atom. The van der Waals surface area contributed by atoms with Gasteiger partial charge in [0.1, 0.15) is 0 Å². The van der Waals surface area contributed by atoms with Crippen LogP contribution in [-0.4, -0.2) is 5.78 Å². The summed E-state index contributed by atoms with van der Waals surface area (Å²) in [5.41, 5.74) is 6.88. The Morgan fingerprint density at radius 3 is 2.75 bits per heavy atom. The average molecular weight is 184 g/mol. The van der Waals surface area contributed by atoms with Gasteiger partial charge in [0.05, 0.1) is 5.02 Å². The quantitative estimate of drug-likeness (QED) is 0.713. The molecule has 2 nitrogen and oxygen atoms in total. The average Bonchev–Trinajstić information content (AvgIpc) is 2.05. The maximum Gasteiger partial charge on any atom is 0.161 e. The fourth-order valence-electron chi connectivity index (χ4n) is 0.969. The summed E-state index contributed by atoms with van der Waals surface area (Å²) in [5, 5.41) is 0.486. The van der Waals surface area contributed by atoms with Gasteiger partial charge in [-0.1, -0.05) is 17.7 Å². The lowest BCUT2D eigenvalue weighted by Crippen LogP contribution is -2.00. The number of ketones is 1. The second-order valence-electron chi connectivity index (χ2n) is 2.57. The molecule has 0 heterocycles. The number of halogens is 1. The number of nitrogens with two attached hydrogens (primary N) is 1. The molecule has 2 N–H and O–H groups in total. The third kappa shape index (κ3) is 1.84. The number of hydrogen-bond donors (Lipinski definition) is 1. The van der Waals surface area contributed by atoms with E-state index in [0.717, 1.165) is 5.56 Å². The lowest BCUT2D eigenvalue weighted by Gasteiger charge is -2.01. The highest BCUT2D eigenvalue weighted by Crippen LogP contribution is 2.17. The molecule has 0 bridgehead atoms. The fraction of sp³-hybridized carbons (Fsp3) is 0.222. The summed E-state index contributed by atoms with van der Waals surface area (Å²) in [7, 11) is 0. The van der Waals surface area contributed by atoms with Gasteiger partial charge >= 0.3 is 0 Å². The molecule has 1 rings (SSSR count). The van der Waals surface area contributed by atoms with Crippen LogP contribution in [0.15, 0.2) is 18.2 Å². The largest absolute Gasteiger partial charge is 0.326 e. The van der Waals surface area contributed by atoms with E-state index >= 15 is 0 Å². The van der Waals surface area contributed by atoms with E-state index in [1.807, 2.05) is 6.07 Å². The van der Waals surface area contributed by atoms with E-state index in [1.165, 1.54) is 6.92 Å². The van der Waals surface area contributed by atoms with Crippen molar-refractivity contribution < 1.29 is 4.79 Å². The molecule has 1 aromatic rings. The Labute approximate surface area is 76.3 Å². The van der Waals surface area contributed by atoms with Gasteiger partial charge < -0.3 is 5.73 Å². The van der Waals surface area contributed by atoms with Crippen molar-refractivity contribution in [3.63, 3.8) is 0 Å². The monoisotopic (exact) mass is 183 g/mol. The Morgan fingerprint density at radius 2 is 2.25 bits per heavy atom. The van der Waals surface area contributed by atoms with Gasteiger partial charge in [-0.25, -0.2) is 0 Å². The van der Waals surface area contributed by atoms with Crippen LogP contribution in [0.2, 0.25) is 5.02 Å². The van der Waals surface area contributed by atoms with E-state index in [1.54, 1.807) is 12.1 Å². The van der Waals surface area contributed by atoms with E-state index < -0.39 is 0 Å². The van der Waals surface area contributed by atoms with Gasteiger partial charge in [-0.05, 0) is 24.6 Å². The molecule has 1 aromatic carbocycles. The number of Topliss-reactive ketones (excluding diaryl/α,β-unsaturated/α-hetero) is 1. The molecule has 0 fully saturated rings. The molecule has 0 saturated heterocycles. The molecule has 0 saturated carbocycles. The van der Waals surface area contributed by atoms with Crippen LogP contribution in [-0.2, 0) is 6.54 Å². The van der Waals surface area contributed by atoms with E-state index in [2.05, 4.69) is 0 Å². The van der Waals surface area contributed by atoms with E-state index in [9.17, 15) is 4.79 Å². The zero-order chi connectivity index (χ0) is 9.14. The summed E-state index contributed by atoms with van der Waals surface area (Å²) in [6, 6.07) is 5.24. The summed E-state index contributed by atoms with van der Waals surface area (Å²) >= 11 is 5.79. The predicted molar refractivity (Wildman–Crippen MR) is 49.3 cm³/mol. The number of hydrogen-bond acceptors (Lipinski definition) is 2. The molecule has 0 spiro atoms. The maximum absolute atomic E-state index is 11.0. The topological polar surface area (TPSA) is 43.1 Å². The summed E-state index contributed by atoms with van der Waals surface area (Å²) in [6.45, 7) is 1.92. The smallest absolute Gasteiger partial charge is 0.161 e. The summed E-state index contributed by atoms with van der Waals surface area (Å²) in [4.78, 5) is 11.0. The summed E-state index contributed by atoms with van der Waals surface area (Å²) < 4.78 is 0. The van der Waals surface area contributed by atoms with Crippen LogP contribution in [0.4, 0.5) is 0 Å². The molecule has 0 aliphatic rings. The lowest BCUT2D eigenvalue weighted by molar-refractivity contribution is 0.101. The van der Waals surface area contributed by atoms with Crippen LogP contribution in [0.1, 0.15) is 22.8 Å². The number of benzene rings is 1. The Hall–Kier alpha value is -0.860. The zero-order valence-corrected chi connectivity index (χ0v) is 7.56. The predicted octanol–water partition coefficient (Wildman–Crippen LogP) is 2.00. The van der Waals surface area contributed by atoms with E-state index in [-0.39, 0.29) is 5.78 Å². The van der Waals surface area contributed by atoms with Gasteiger partial charge in [0.15, 0.2) is 5.78 Å². The van der Waals surface area contributed by atoms with Crippen molar-refractivity contribution in [3.8, 4) is 0 Å². The summed E-state index contributed by atoms with van der Waals surface area (Å²) in [6.07, 6.45) is 0. The summed E-state index contributed by atoms with van der Waals surface area (Å²) in [5.74, 6) is -0.0321. The van der Waals surface area contributed by atoms with Crippen LogP contribution >= 0.6 is 11.6 Å². The van der Waals surface area contributed by atoms with Crippen LogP contribution < -0.4 is 5.73 Å². The molecule has 0 aromatic heterocycles. The van der Waals surface area contributed by atoms with Gasteiger partial charge in [0.2, 0.25) is 0 Å². The Kier molecular flexibility index (Phi) is 2.84. The first kappa shape index (κ1) is 9.23. The minimum absolute atomic E-state index is 0.0321. The molecule has 3 heteroatoms. The van der Waals surface area contributed by atoms with Crippen molar-refractivity contribution in [2.75, 3.05) is 0 Å². The van der Waals surface area contributed by atoms with Gasteiger partial charge in [0.25, 0.3) is 0 Å². The fourth-order valence-corrected chi connectivity index (χ4v) is 1.22. The minimum atomic E-state index is -0.0321.